The van der Waals surface area contributed by atoms with Crippen LogP contribution in [0.4, 0.5) is 5.69 Å². The fourth-order valence-electron chi connectivity index (χ4n) is 5.39. The van der Waals surface area contributed by atoms with Crippen molar-refractivity contribution in [3.05, 3.63) is 120 Å². The van der Waals surface area contributed by atoms with Crippen LogP contribution in [-0.2, 0) is 13.0 Å². The highest BCUT2D eigenvalue weighted by molar-refractivity contribution is 5.66. The van der Waals surface area contributed by atoms with Crippen molar-refractivity contribution in [3.8, 4) is 6.07 Å². The molecule has 1 atom stereocenters. The van der Waals surface area contributed by atoms with Crippen LogP contribution in [0.25, 0.3) is 0 Å². The molecule has 1 aliphatic carbocycles. The number of nitrogens with zero attached hydrogens (tertiary/aromatic N) is 5. The summed E-state index contributed by atoms with van der Waals surface area (Å²) < 4.78 is 2.25. The van der Waals surface area contributed by atoms with Crippen LogP contribution in [0.3, 0.4) is 0 Å². The largest absolute Gasteiger partial charge is 0.362 e. The van der Waals surface area contributed by atoms with Gasteiger partial charge in [0, 0.05) is 43.2 Å². The third-order valence-corrected chi connectivity index (χ3v) is 7.51. The molecule has 1 aromatic carbocycles. The van der Waals surface area contributed by atoms with Gasteiger partial charge < -0.3 is 14.8 Å². The Morgan fingerprint density at radius 3 is 2.41 bits per heavy atom. The summed E-state index contributed by atoms with van der Waals surface area (Å²) in [5.74, 6) is 1.40. The first kappa shape index (κ1) is 36.0. The summed E-state index contributed by atoms with van der Waals surface area (Å²) in [7, 11) is 2.17. The van der Waals surface area contributed by atoms with E-state index in [2.05, 4.69) is 105 Å². The van der Waals surface area contributed by atoms with Crippen LogP contribution in [0.15, 0.2) is 113 Å². The summed E-state index contributed by atoms with van der Waals surface area (Å²) >= 11 is 0. The Morgan fingerprint density at radius 1 is 1.14 bits per heavy atom. The van der Waals surface area contributed by atoms with Crippen LogP contribution in [0.1, 0.15) is 71.7 Å². The fourth-order valence-corrected chi connectivity index (χ4v) is 5.39. The van der Waals surface area contributed by atoms with Gasteiger partial charge in [-0.1, -0.05) is 59.1 Å². The number of aliphatic imine (C=N–C) groups is 1. The smallest absolute Gasteiger partial charge is 0.108 e. The third-order valence-electron chi connectivity index (χ3n) is 7.51. The van der Waals surface area contributed by atoms with Gasteiger partial charge in [-0.15, -0.1) is 0 Å². The van der Waals surface area contributed by atoms with Crippen molar-refractivity contribution in [1.29, 1.82) is 5.26 Å². The minimum Gasteiger partial charge on any atom is -0.362 e. The van der Waals surface area contributed by atoms with Gasteiger partial charge in [-0.2, -0.15) is 5.26 Å². The maximum Gasteiger partial charge on any atom is 0.108 e. The molecule has 6 nitrogen and oxygen atoms in total. The molecule has 2 aliphatic rings. The van der Waals surface area contributed by atoms with Crippen LogP contribution in [-0.4, -0.2) is 40.8 Å². The average Bonchev–Trinajstić information content (AvgIpc) is 3.46. The highest BCUT2D eigenvalue weighted by atomic mass is 15.1. The number of hydrogen-bond acceptors (Lipinski definition) is 5. The standard InChI is InChI=1S/C22H27N3.C9H8N2.C7H17N/c1-5-9-19-16(4)22-20(10-8-11-24-22)18(14-17(19)6-2)15-25-13-12-23-21(25)7-3;1-2-11-9-5-3-8(7-10)4-6-9;1-4-6-8(3)7-5-2/h5-6,9,11-14,16H,2,7-8,10,15H2,1,3-4H3;2-6,11H,1H2;4-7H2,1-3H3/b9-5-;;. The first-order chi connectivity index (χ1) is 21.4. The predicted molar refractivity (Wildman–Crippen MR) is 189 cm³/mol. The first-order valence-corrected chi connectivity index (χ1v) is 15.9. The molecule has 44 heavy (non-hydrogen) atoms. The van der Waals surface area contributed by atoms with Crippen LogP contribution in [0.2, 0.25) is 0 Å². The van der Waals surface area contributed by atoms with Crippen molar-refractivity contribution in [2.24, 2.45) is 10.9 Å². The number of hydrogen-bond donors (Lipinski definition) is 1. The van der Waals surface area contributed by atoms with E-state index in [4.69, 9.17) is 10.3 Å². The summed E-state index contributed by atoms with van der Waals surface area (Å²) in [6, 6.07) is 9.22. The second-order valence-corrected chi connectivity index (χ2v) is 10.9. The summed E-state index contributed by atoms with van der Waals surface area (Å²) in [5.41, 5.74) is 8.04. The molecule has 6 heteroatoms. The van der Waals surface area contributed by atoms with Gasteiger partial charge in [0.2, 0.25) is 0 Å². The maximum atomic E-state index is 8.47. The molecule has 234 valence electrons. The van der Waals surface area contributed by atoms with Crippen molar-refractivity contribution in [2.75, 3.05) is 25.5 Å². The van der Waals surface area contributed by atoms with Gasteiger partial charge in [-0.05, 0) is 112 Å². The number of aromatic nitrogens is 2. The average molecular weight is 593 g/mol. The zero-order valence-corrected chi connectivity index (χ0v) is 27.8. The normalized spacial score (nSPS) is 15.8. The SMILES string of the molecule is C=CC1=C(/C=C\C)C(C)C2=C(CCC=N2)C(Cn2ccnc2CC)=C1.C=CNc1ccc(C#N)cc1.CCCN(C)CCC. The van der Waals surface area contributed by atoms with Crippen molar-refractivity contribution in [1.82, 2.24) is 14.5 Å². The maximum absolute atomic E-state index is 8.47. The molecule has 4 rings (SSSR count). The summed E-state index contributed by atoms with van der Waals surface area (Å²) in [4.78, 5) is 11.6. The van der Waals surface area contributed by atoms with E-state index in [1.165, 1.54) is 53.9 Å². The van der Waals surface area contributed by atoms with Crippen molar-refractivity contribution in [3.63, 3.8) is 0 Å². The lowest BCUT2D eigenvalue weighted by molar-refractivity contribution is 0.335. The Bertz CT molecular complexity index is 1390. The molecular formula is C38H52N6. The van der Waals surface area contributed by atoms with E-state index in [1.807, 2.05) is 30.5 Å². The molecule has 0 bridgehead atoms. The Morgan fingerprint density at radius 2 is 1.84 bits per heavy atom. The summed E-state index contributed by atoms with van der Waals surface area (Å²) in [6.07, 6.45) is 21.8. The molecular weight excluding hydrogens is 540 g/mol. The first-order valence-electron chi connectivity index (χ1n) is 15.9. The van der Waals surface area contributed by atoms with E-state index >= 15 is 0 Å². The number of benzene rings is 1. The van der Waals surface area contributed by atoms with Crippen LogP contribution in [0.5, 0.6) is 0 Å². The third kappa shape index (κ3) is 10.8. The van der Waals surface area contributed by atoms with Crippen LogP contribution in [0, 0.1) is 17.2 Å². The topological polar surface area (TPSA) is 69.2 Å². The molecule has 1 aromatic heterocycles. The molecule has 0 amide bonds. The Labute approximate surface area is 266 Å². The lowest BCUT2D eigenvalue weighted by Crippen LogP contribution is -2.19. The number of nitrogens with one attached hydrogen (secondary N) is 1. The predicted octanol–water partition coefficient (Wildman–Crippen LogP) is 9.05. The zero-order valence-electron chi connectivity index (χ0n) is 27.8. The monoisotopic (exact) mass is 592 g/mol. The molecule has 2 aromatic rings. The molecule has 2 heterocycles. The Kier molecular flexibility index (Phi) is 16.3. The van der Waals surface area contributed by atoms with Gasteiger partial charge in [0.15, 0.2) is 0 Å². The van der Waals surface area contributed by atoms with Gasteiger partial charge in [0.25, 0.3) is 0 Å². The van der Waals surface area contributed by atoms with Crippen molar-refractivity contribution < 1.29 is 0 Å². The Balaban J connectivity index is 0.000000292. The number of nitriles is 1. The van der Waals surface area contributed by atoms with Gasteiger partial charge in [0.05, 0.1) is 17.3 Å². The van der Waals surface area contributed by atoms with E-state index in [1.54, 1.807) is 18.3 Å². The van der Waals surface area contributed by atoms with Gasteiger partial charge >= 0.3 is 0 Å². The number of rotatable bonds is 11. The molecule has 1 unspecified atom stereocenters. The molecule has 0 radical (unpaired) electrons. The number of aryl methyl sites for hydroxylation is 1. The van der Waals surface area contributed by atoms with Gasteiger partial charge in [-0.25, -0.2) is 4.98 Å². The number of imidazole rings is 1. The van der Waals surface area contributed by atoms with E-state index < -0.39 is 0 Å². The molecule has 0 saturated heterocycles. The quantitative estimate of drug-likeness (QED) is 0.283. The van der Waals surface area contributed by atoms with Crippen molar-refractivity contribution >= 4 is 11.9 Å². The number of allylic oxidation sites excluding steroid dienone is 8. The molecule has 1 aliphatic heterocycles. The van der Waals surface area contributed by atoms with Crippen LogP contribution < -0.4 is 5.32 Å². The minimum atomic E-state index is 0.276. The number of anilines is 1. The molecule has 0 saturated carbocycles. The molecule has 0 fully saturated rings. The van der Waals surface area contributed by atoms with Crippen molar-refractivity contribution in [2.45, 2.75) is 73.3 Å². The minimum absolute atomic E-state index is 0.276. The highest BCUT2D eigenvalue weighted by Gasteiger charge is 2.25. The van der Waals surface area contributed by atoms with E-state index in [0.717, 1.165) is 37.3 Å². The second kappa shape index (κ2) is 19.9. The summed E-state index contributed by atoms with van der Waals surface area (Å²) in [5, 5.41) is 11.4. The molecule has 1 N–H and O–H groups in total. The van der Waals surface area contributed by atoms with E-state index in [0.29, 0.717) is 5.56 Å². The van der Waals surface area contributed by atoms with E-state index in [-0.39, 0.29) is 5.92 Å². The van der Waals surface area contributed by atoms with Gasteiger partial charge in [-0.3, -0.25) is 4.99 Å². The lowest BCUT2D eigenvalue weighted by Gasteiger charge is -2.22. The van der Waals surface area contributed by atoms with Gasteiger partial charge in [0.1, 0.15) is 5.82 Å². The fraction of sp³-hybridized carbons (Fsp3) is 0.395. The highest BCUT2D eigenvalue weighted by Crippen LogP contribution is 2.38. The van der Waals surface area contributed by atoms with E-state index in [9.17, 15) is 0 Å². The Hall–Kier alpha value is -4.21. The zero-order chi connectivity index (χ0) is 32.3. The summed E-state index contributed by atoms with van der Waals surface area (Å²) in [6.45, 7) is 21.8. The second-order valence-electron chi connectivity index (χ2n) is 10.9. The van der Waals surface area contributed by atoms with Crippen LogP contribution >= 0.6 is 0 Å². The lowest BCUT2D eigenvalue weighted by atomic mass is 9.89. The molecule has 0 spiro atoms.